The second kappa shape index (κ2) is 4.94. The fourth-order valence-corrected chi connectivity index (χ4v) is 2.24. The Labute approximate surface area is 117 Å². The van der Waals surface area contributed by atoms with Crippen molar-refractivity contribution in [2.45, 2.75) is 20.4 Å². The van der Waals surface area contributed by atoms with E-state index in [-0.39, 0.29) is 0 Å². The lowest BCUT2D eigenvalue weighted by Gasteiger charge is -2.10. The van der Waals surface area contributed by atoms with Gasteiger partial charge in [0.25, 0.3) is 0 Å². The molecule has 0 radical (unpaired) electrons. The number of aromatic nitrogens is 3. The number of hydrogen-bond acceptors (Lipinski definition) is 4. The molecule has 5 heteroatoms. The van der Waals surface area contributed by atoms with Gasteiger partial charge in [0.15, 0.2) is 5.76 Å². The van der Waals surface area contributed by atoms with Crippen LogP contribution in [0, 0.1) is 13.8 Å². The summed E-state index contributed by atoms with van der Waals surface area (Å²) in [4.78, 5) is 0. The number of hydrogen-bond donors (Lipinski definition) is 1. The van der Waals surface area contributed by atoms with E-state index in [4.69, 9.17) is 10.2 Å². The Kier molecular flexibility index (Phi) is 3.12. The number of benzene rings is 1. The number of furan rings is 1. The van der Waals surface area contributed by atoms with E-state index in [1.807, 2.05) is 24.3 Å². The third-order valence-corrected chi connectivity index (χ3v) is 3.49. The van der Waals surface area contributed by atoms with Gasteiger partial charge in [0.1, 0.15) is 11.4 Å². The Morgan fingerprint density at radius 1 is 1.20 bits per heavy atom. The number of aryl methyl sites for hydroxylation is 1. The van der Waals surface area contributed by atoms with Crippen molar-refractivity contribution in [3.8, 4) is 17.1 Å². The van der Waals surface area contributed by atoms with E-state index in [1.54, 1.807) is 10.9 Å². The van der Waals surface area contributed by atoms with Crippen LogP contribution in [0.4, 0.5) is 0 Å². The molecule has 0 saturated heterocycles. The normalized spacial score (nSPS) is 10.9. The molecule has 20 heavy (non-hydrogen) atoms. The molecule has 0 unspecified atom stereocenters. The highest BCUT2D eigenvalue weighted by Gasteiger charge is 2.18. The summed E-state index contributed by atoms with van der Waals surface area (Å²) in [6.45, 7) is 4.47. The van der Waals surface area contributed by atoms with E-state index in [2.05, 4.69) is 30.2 Å². The van der Waals surface area contributed by atoms with Crippen molar-refractivity contribution >= 4 is 0 Å². The monoisotopic (exact) mass is 268 g/mol. The lowest BCUT2D eigenvalue weighted by Crippen LogP contribution is -2.04. The number of nitrogens with two attached hydrogens (primary N) is 1. The Hall–Kier alpha value is -2.40. The van der Waals surface area contributed by atoms with Crippen molar-refractivity contribution in [2.24, 2.45) is 5.73 Å². The van der Waals surface area contributed by atoms with E-state index in [0.29, 0.717) is 6.54 Å². The summed E-state index contributed by atoms with van der Waals surface area (Å²) in [6, 6.07) is 9.83. The average molecular weight is 268 g/mol. The van der Waals surface area contributed by atoms with Crippen LogP contribution in [0.2, 0.25) is 0 Å². The first-order valence-electron chi connectivity index (χ1n) is 6.47. The molecule has 0 saturated carbocycles. The van der Waals surface area contributed by atoms with Crippen LogP contribution >= 0.6 is 0 Å². The standard InChI is InChI=1S/C15H16N4O/c1-10-5-3-6-13(11(10)2)19-15(12(9-16)17-18-19)14-7-4-8-20-14/h3-8H,9,16H2,1-2H3. The van der Waals surface area contributed by atoms with Gasteiger partial charge in [-0.05, 0) is 43.2 Å². The molecule has 0 aliphatic carbocycles. The van der Waals surface area contributed by atoms with Gasteiger partial charge in [0.05, 0.1) is 12.0 Å². The van der Waals surface area contributed by atoms with Gasteiger partial charge < -0.3 is 10.2 Å². The fourth-order valence-electron chi connectivity index (χ4n) is 2.24. The van der Waals surface area contributed by atoms with Crippen LogP contribution in [0.25, 0.3) is 17.1 Å². The van der Waals surface area contributed by atoms with Crippen molar-refractivity contribution in [1.82, 2.24) is 15.0 Å². The Morgan fingerprint density at radius 3 is 2.75 bits per heavy atom. The first-order chi connectivity index (χ1) is 9.72. The van der Waals surface area contributed by atoms with Gasteiger partial charge in [-0.1, -0.05) is 17.3 Å². The number of nitrogens with zero attached hydrogens (tertiary/aromatic N) is 3. The molecule has 1 aromatic carbocycles. The fraction of sp³-hybridized carbons (Fsp3) is 0.200. The molecule has 0 bridgehead atoms. The Balaban J connectivity index is 2.25. The van der Waals surface area contributed by atoms with E-state index < -0.39 is 0 Å². The zero-order valence-electron chi connectivity index (χ0n) is 11.5. The maximum atomic E-state index is 5.76. The van der Waals surface area contributed by atoms with Crippen LogP contribution < -0.4 is 5.73 Å². The van der Waals surface area contributed by atoms with Gasteiger partial charge in [-0.3, -0.25) is 0 Å². The smallest absolute Gasteiger partial charge is 0.154 e. The molecule has 2 N–H and O–H groups in total. The van der Waals surface area contributed by atoms with Crippen molar-refractivity contribution in [2.75, 3.05) is 0 Å². The van der Waals surface area contributed by atoms with Gasteiger partial charge in [-0.25, -0.2) is 4.68 Å². The highest BCUT2D eigenvalue weighted by atomic mass is 16.3. The van der Waals surface area contributed by atoms with Gasteiger partial charge in [0.2, 0.25) is 0 Å². The van der Waals surface area contributed by atoms with Crippen LogP contribution in [0.5, 0.6) is 0 Å². The minimum atomic E-state index is 0.320. The maximum absolute atomic E-state index is 5.76. The van der Waals surface area contributed by atoms with Crippen LogP contribution in [-0.4, -0.2) is 15.0 Å². The average Bonchev–Trinajstić information content (AvgIpc) is 3.09. The summed E-state index contributed by atoms with van der Waals surface area (Å²) in [6.07, 6.45) is 1.63. The zero-order chi connectivity index (χ0) is 14.1. The predicted molar refractivity (Wildman–Crippen MR) is 76.4 cm³/mol. The lowest BCUT2D eigenvalue weighted by atomic mass is 10.1. The van der Waals surface area contributed by atoms with Crippen LogP contribution in [0.3, 0.4) is 0 Å². The van der Waals surface area contributed by atoms with E-state index in [9.17, 15) is 0 Å². The summed E-state index contributed by atoms with van der Waals surface area (Å²) in [5.74, 6) is 0.719. The minimum Gasteiger partial charge on any atom is -0.463 e. The largest absolute Gasteiger partial charge is 0.463 e. The van der Waals surface area contributed by atoms with Gasteiger partial charge >= 0.3 is 0 Å². The molecule has 3 aromatic rings. The van der Waals surface area contributed by atoms with Gasteiger partial charge in [-0.2, -0.15) is 0 Å². The summed E-state index contributed by atoms with van der Waals surface area (Å²) in [5, 5.41) is 8.41. The Bertz CT molecular complexity index is 728. The summed E-state index contributed by atoms with van der Waals surface area (Å²) < 4.78 is 7.29. The molecular weight excluding hydrogens is 252 g/mol. The zero-order valence-corrected chi connectivity index (χ0v) is 11.5. The molecular formula is C15H16N4O. The molecule has 2 aromatic heterocycles. The first-order valence-corrected chi connectivity index (χ1v) is 6.47. The molecule has 102 valence electrons. The summed E-state index contributed by atoms with van der Waals surface area (Å²) in [7, 11) is 0. The summed E-state index contributed by atoms with van der Waals surface area (Å²) >= 11 is 0. The van der Waals surface area contributed by atoms with Crippen molar-refractivity contribution in [3.05, 3.63) is 53.4 Å². The Morgan fingerprint density at radius 2 is 2.05 bits per heavy atom. The van der Waals surface area contributed by atoms with Crippen LogP contribution in [-0.2, 0) is 6.54 Å². The second-order valence-electron chi connectivity index (χ2n) is 4.70. The first kappa shape index (κ1) is 12.6. The SMILES string of the molecule is Cc1cccc(-n2nnc(CN)c2-c2ccco2)c1C. The second-order valence-corrected chi connectivity index (χ2v) is 4.70. The molecule has 0 amide bonds. The molecule has 3 rings (SSSR count). The van der Waals surface area contributed by atoms with Crippen LogP contribution in [0.15, 0.2) is 41.0 Å². The topological polar surface area (TPSA) is 69.9 Å². The van der Waals surface area contributed by atoms with E-state index >= 15 is 0 Å². The molecule has 2 heterocycles. The van der Waals surface area contributed by atoms with E-state index in [0.717, 1.165) is 28.4 Å². The summed E-state index contributed by atoms with van der Waals surface area (Å²) in [5.41, 5.74) is 10.6. The maximum Gasteiger partial charge on any atom is 0.154 e. The third-order valence-electron chi connectivity index (χ3n) is 3.49. The number of rotatable bonds is 3. The molecule has 0 aliphatic rings. The van der Waals surface area contributed by atoms with Crippen molar-refractivity contribution in [3.63, 3.8) is 0 Å². The highest BCUT2D eigenvalue weighted by molar-refractivity contribution is 5.60. The van der Waals surface area contributed by atoms with Crippen molar-refractivity contribution in [1.29, 1.82) is 0 Å². The third kappa shape index (κ3) is 1.92. The van der Waals surface area contributed by atoms with E-state index in [1.165, 1.54) is 5.56 Å². The quantitative estimate of drug-likeness (QED) is 0.792. The van der Waals surface area contributed by atoms with Crippen LogP contribution in [0.1, 0.15) is 16.8 Å². The van der Waals surface area contributed by atoms with Gasteiger partial charge in [0, 0.05) is 6.54 Å². The lowest BCUT2D eigenvalue weighted by molar-refractivity contribution is 0.576. The minimum absolute atomic E-state index is 0.320. The molecule has 5 nitrogen and oxygen atoms in total. The molecule has 0 fully saturated rings. The van der Waals surface area contributed by atoms with Crippen molar-refractivity contribution < 1.29 is 4.42 Å². The molecule has 0 aliphatic heterocycles. The highest BCUT2D eigenvalue weighted by Crippen LogP contribution is 2.27. The molecule has 0 spiro atoms. The van der Waals surface area contributed by atoms with Gasteiger partial charge in [-0.15, -0.1) is 5.10 Å². The molecule has 0 atom stereocenters. The predicted octanol–water partition coefficient (Wildman–Crippen LogP) is 2.60.